The molecule has 0 radical (unpaired) electrons. The average Bonchev–Trinajstić information content (AvgIpc) is 2.36. The number of unbranched alkanes of at least 4 members (excludes halogenated alkanes) is 1. The van der Waals surface area contributed by atoms with Crippen molar-refractivity contribution in [2.24, 2.45) is 5.92 Å². The fourth-order valence-electron chi connectivity index (χ4n) is 1.58. The molecule has 0 saturated carbocycles. The van der Waals surface area contributed by atoms with Gasteiger partial charge in [0.15, 0.2) is 0 Å². The minimum absolute atomic E-state index is 0.164. The maximum atomic E-state index is 11.4. The highest BCUT2D eigenvalue weighted by molar-refractivity contribution is 5.73. The third-order valence-corrected chi connectivity index (χ3v) is 2.83. The van der Waals surface area contributed by atoms with Gasteiger partial charge in [0.25, 0.3) is 0 Å². The zero-order valence-electron chi connectivity index (χ0n) is 11.9. The number of aliphatic carboxylic acids is 1. The molecule has 0 bridgehead atoms. The van der Waals surface area contributed by atoms with Crippen molar-refractivity contribution in [2.45, 2.75) is 39.0 Å². The third kappa shape index (κ3) is 12.9. The van der Waals surface area contributed by atoms with Crippen LogP contribution in [0.15, 0.2) is 0 Å². The summed E-state index contributed by atoms with van der Waals surface area (Å²) in [5.74, 6) is -0.466. The molecule has 1 atom stereocenters. The Hall–Kier alpha value is -1.30. The molecule has 6 heteroatoms. The number of carbonyl (C=O) groups excluding carboxylic acids is 1. The second-order valence-corrected chi connectivity index (χ2v) is 4.71. The van der Waals surface area contributed by atoms with E-state index in [4.69, 9.17) is 9.84 Å². The largest absolute Gasteiger partial charge is 0.481 e. The van der Waals surface area contributed by atoms with Gasteiger partial charge in [-0.25, -0.2) is 4.79 Å². The molecule has 0 aromatic carbocycles. The molecule has 0 aromatic rings. The van der Waals surface area contributed by atoms with Crippen molar-refractivity contribution in [1.82, 2.24) is 10.6 Å². The Morgan fingerprint density at radius 1 is 1.16 bits per heavy atom. The highest BCUT2D eigenvalue weighted by Crippen LogP contribution is 2.08. The molecule has 112 valence electrons. The number of hydrogen-bond acceptors (Lipinski definition) is 3. The number of methoxy groups -OCH3 is 1. The summed E-state index contributed by atoms with van der Waals surface area (Å²) in [6, 6.07) is -0.164. The van der Waals surface area contributed by atoms with Crippen LogP contribution in [-0.4, -0.2) is 43.9 Å². The Balaban J connectivity index is 3.39. The Morgan fingerprint density at radius 2 is 1.84 bits per heavy atom. The van der Waals surface area contributed by atoms with Crippen LogP contribution in [0.2, 0.25) is 0 Å². The van der Waals surface area contributed by atoms with Gasteiger partial charge in [0, 0.05) is 33.2 Å². The van der Waals surface area contributed by atoms with Gasteiger partial charge in [-0.2, -0.15) is 0 Å². The van der Waals surface area contributed by atoms with E-state index in [9.17, 15) is 9.59 Å². The van der Waals surface area contributed by atoms with Crippen LogP contribution in [-0.2, 0) is 9.53 Å². The predicted octanol–water partition coefficient (Wildman–Crippen LogP) is 1.60. The lowest BCUT2D eigenvalue weighted by molar-refractivity contribution is -0.137. The smallest absolute Gasteiger partial charge is 0.314 e. The predicted molar refractivity (Wildman–Crippen MR) is 73.2 cm³/mol. The highest BCUT2D eigenvalue weighted by atomic mass is 16.5. The van der Waals surface area contributed by atoms with Crippen LogP contribution in [0.1, 0.15) is 39.0 Å². The minimum atomic E-state index is -0.770. The fraction of sp³-hybridized carbons (Fsp3) is 0.846. The molecule has 0 aliphatic carbocycles. The summed E-state index contributed by atoms with van der Waals surface area (Å²) < 4.78 is 4.91. The number of rotatable bonds is 11. The molecule has 19 heavy (non-hydrogen) atoms. The lowest BCUT2D eigenvalue weighted by Crippen LogP contribution is -2.37. The van der Waals surface area contributed by atoms with Crippen molar-refractivity contribution in [3.8, 4) is 0 Å². The molecule has 2 amide bonds. The number of carbonyl (C=O) groups is 2. The third-order valence-electron chi connectivity index (χ3n) is 2.83. The van der Waals surface area contributed by atoms with Gasteiger partial charge in [-0.15, -0.1) is 0 Å². The second-order valence-electron chi connectivity index (χ2n) is 4.71. The van der Waals surface area contributed by atoms with Crippen molar-refractivity contribution in [1.29, 1.82) is 0 Å². The summed E-state index contributed by atoms with van der Waals surface area (Å²) in [6.07, 6.45) is 3.46. The Labute approximate surface area is 114 Å². The van der Waals surface area contributed by atoms with E-state index >= 15 is 0 Å². The zero-order chi connectivity index (χ0) is 14.5. The van der Waals surface area contributed by atoms with E-state index in [0.717, 1.165) is 19.3 Å². The monoisotopic (exact) mass is 274 g/mol. The summed E-state index contributed by atoms with van der Waals surface area (Å²) in [7, 11) is 1.66. The van der Waals surface area contributed by atoms with E-state index in [1.165, 1.54) is 0 Å². The van der Waals surface area contributed by atoms with Crippen molar-refractivity contribution < 1.29 is 19.4 Å². The number of nitrogens with one attached hydrogen (secondary N) is 2. The van der Waals surface area contributed by atoms with Gasteiger partial charge in [0.1, 0.15) is 0 Å². The van der Waals surface area contributed by atoms with E-state index < -0.39 is 5.97 Å². The van der Waals surface area contributed by atoms with Crippen LogP contribution >= 0.6 is 0 Å². The Bertz CT molecular complexity index is 259. The molecule has 0 aliphatic rings. The maximum absolute atomic E-state index is 11.4. The van der Waals surface area contributed by atoms with Crippen molar-refractivity contribution >= 4 is 12.0 Å². The summed E-state index contributed by atoms with van der Waals surface area (Å²) in [5, 5.41) is 14.1. The van der Waals surface area contributed by atoms with Crippen molar-refractivity contribution in [2.75, 3.05) is 26.8 Å². The molecule has 0 rings (SSSR count). The molecular weight excluding hydrogens is 248 g/mol. The molecular formula is C13H26N2O4. The summed E-state index contributed by atoms with van der Waals surface area (Å²) >= 11 is 0. The van der Waals surface area contributed by atoms with Gasteiger partial charge in [-0.3, -0.25) is 4.79 Å². The van der Waals surface area contributed by atoms with Gasteiger partial charge in [-0.1, -0.05) is 6.92 Å². The first-order chi connectivity index (χ1) is 9.06. The van der Waals surface area contributed by atoms with E-state index in [-0.39, 0.29) is 12.5 Å². The lowest BCUT2D eigenvalue weighted by atomic mass is 10.0. The number of carboxylic acids is 1. The van der Waals surface area contributed by atoms with Crippen LogP contribution in [0.4, 0.5) is 4.79 Å². The molecule has 1 unspecified atom stereocenters. The number of carboxylic acid groups (broad SMARTS) is 1. The summed E-state index contributed by atoms with van der Waals surface area (Å²) in [6.45, 7) is 3.92. The van der Waals surface area contributed by atoms with Gasteiger partial charge < -0.3 is 20.5 Å². The van der Waals surface area contributed by atoms with E-state index in [2.05, 4.69) is 10.6 Å². The molecule has 0 heterocycles. The molecule has 0 aliphatic heterocycles. The molecule has 6 nitrogen and oxygen atoms in total. The zero-order valence-corrected chi connectivity index (χ0v) is 11.9. The van der Waals surface area contributed by atoms with Crippen LogP contribution in [0.25, 0.3) is 0 Å². The molecule has 0 saturated heterocycles. The standard InChI is InChI=1S/C13H26N2O4/c1-11(5-6-12(16)17)7-9-15-13(18)14-8-3-4-10-19-2/h11H,3-10H2,1-2H3,(H,16,17)(H2,14,15,18). The summed E-state index contributed by atoms with van der Waals surface area (Å²) in [4.78, 5) is 21.8. The van der Waals surface area contributed by atoms with Crippen LogP contribution in [0.3, 0.4) is 0 Å². The van der Waals surface area contributed by atoms with E-state index in [1.807, 2.05) is 6.92 Å². The number of urea groups is 1. The van der Waals surface area contributed by atoms with Gasteiger partial charge in [0.2, 0.25) is 0 Å². The first-order valence-electron chi connectivity index (χ1n) is 6.78. The van der Waals surface area contributed by atoms with Crippen LogP contribution < -0.4 is 10.6 Å². The topological polar surface area (TPSA) is 87.7 Å². The molecule has 0 fully saturated rings. The summed E-state index contributed by atoms with van der Waals surface area (Å²) in [5.41, 5.74) is 0. The number of hydrogen-bond donors (Lipinski definition) is 3. The van der Waals surface area contributed by atoms with E-state index in [0.29, 0.717) is 32.0 Å². The number of ether oxygens (including phenoxy) is 1. The van der Waals surface area contributed by atoms with E-state index in [1.54, 1.807) is 7.11 Å². The van der Waals surface area contributed by atoms with Gasteiger partial charge >= 0.3 is 12.0 Å². The normalized spacial score (nSPS) is 11.9. The van der Waals surface area contributed by atoms with Crippen molar-refractivity contribution in [3.63, 3.8) is 0 Å². The van der Waals surface area contributed by atoms with Gasteiger partial charge in [0.05, 0.1) is 0 Å². The first kappa shape index (κ1) is 17.7. The second kappa shape index (κ2) is 11.8. The SMILES string of the molecule is COCCCCNC(=O)NCCC(C)CCC(=O)O. The number of amides is 2. The maximum Gasteiger partial charge on any atom is 0.314 e. The lowest BCUT2D eigenvalue weighted by Gasteiger charge is -2.11. The van der Waals surface area contributed by atoms with Crippen LogP contribution in [0, 0.1) is 5.92 Å². The van der Waals surface area contributed by atoms with Crippen molar-refractivity contribution in [3.05, 3.63) is 0 Å². The van der Waals surface area contributed by atoms with Crippen LogP contribution in [0.5, 0.6) is 0 Å². The fourth-order valence-corrected chi connectivity index (χ4v) is 1.58. The Kier molecular flexibility index (Phi) is 11.0. The Morgan fingerprint density at radius 3 is 2.47 bits per heavy atom. The highest BCUT2D eigenvalue weighted by Gasteiger charge is 2.06. The first-order valence-corrected chi connectivity index (χ1v) is 6.78. The average molecular weight is 274 g/mol. The molecule has 3 N–H and O–H groups in total. The quantitative estimate of drug-likeness (QED) is 0.499. The molecule has 0 aromatic heterocycles. The van der Waals surface area contributed by atoms with Gasteiger partial charge in [-0.05, 0) is 31.6 Å². The minimum Gasteiger partial charge on any atom is -0.481 e. The molecule has 0 spiro atoms.